The van der Waals surface area contributed by atoms with Crippen LogP contribution in [0.4, 0.5) is 0 Å². The average Bonchev–Trinajstić information content (AvgIpc) is 3.09. The molecule has 0 amide bonds. The molecule has 3 rings (SSSR count). The molecule has 2 heteroatoms. The van der Waals surface area contributed by atoms with Gasteiger partial charge in [-0.15, -0.1) is 0 Å². The molecular formula is C23H29O2. The van der Waals surface area contributed by atoms with Crippen molar-refractivity contribution in [2.24, 2.45) is 5.92 Å². The Hall–Kier alpha value is -1.96. The molecular weight excluding hydrogens is 308 g/mol. The predicted molar refractivity (Wildman–Crippen MR) is 103 cm³/mol. The van der Waals surface area contributed by atoms with E-state index in [1.807, 2.05) is 6.07 Å². The second kappa shape index (κ2) is 7.95. The fourth-order valence-corrected chi connectivity index (χ4v) is 3.56. The van der Waals surface area contributed by atoms with Gasteiger partial charge in [0.25, 0.3) is 0 Å². The van der Waals surface area contributed by atoms with Crippen molar-refractivity contribution in [3.8, 4) is 11.5 Å². The molecule has 0 bridgehead atoms. The van der Waals surface area contributed by atoms with E-state index >= 15 is 0 Å². The average molecular weight is 337 g/mol. The van der Waals surface area contributed by atoms with Crippen molar-refractivity contribution < 1.29 is 9.47 Å². The van der Waals surface area contributed by atoms with E-state index in [1.165, 1.54) is 23.1 Å². The first-order valence-corrected chi connectivity index (χ1v) is 9.43. The van der Waals surface area contributed by atoms with Crippen molar-refractivity contribution in [3.63, 3.8) is 0 Å². The van der Waals surface area contributed by atoms with E-state index in [-0.39, 0.29) is 0 Å². The number of rotatable bonds is 7. The first-order chi connectivity index (χ1) is 12.1. The van der Waals surface area contributed by atoms with Gasteiger partial charge in [0.15, 0.2) is 11.5 Å². The van der Waals surface area contributed by atoms with Crippen LogP contribution in [0.2, 0.25) is 0 Å². The largest absolute Gasteiger partial charge is 0.454 e. The molecule has 2 aromatic rings. The third-order valence-corrected chi connectivity index (χ3v) is 5.26. The maximum atomic E-state index is 5.52. The maximum absolute atomic E-state index is 5.52. The summed E-state index contributed by atoms with van der Waals surface area (Å²) in [7, 11) is 0. The van der Waals surface area contributed by atoms with Crippen LogP contribution in [0, 0.1) is 11.8 Å². The van der Waals surface area contributed by atoms with Crippen molar-refractivity contribution in [1.82, 2.24) is 0 Å². The molecule has 1 aliphatic heterocycles. The predicted octanol–water partition coefficient (Wildman–Crippen LogP) is 6.14. The number of hydrogen-bond donors (Lipinski definition) is 0. The van der Waals surface area contributed by atoms with Gasteiger partial charge >= 0.3 is 0 Å². The lowest BCUT2D eigenvalue weighted by Crippen LogP contribution is -2.14. The summed E-state index contributed by atoms with van der Waals surface area (Å²) < 4.78 is 10.9. The van der Waals surface area contributed by atoms with Crippen LogP contribution in [-0.2, 0) is 6.42 Å². The van der Waals surface area contributed by atoms with E-state index in [1.54, 1.807) is 5.92 Å². The van der Waals surface area contributed by atoms with Gasteiger partial charge in [0.2, 0.25) is 6.79 Å². The second-order valence-electron chi connectivity index (χ2n) is 7.26. The topological polar surface area (TPSA) is 18.5 Å². The summed E-state index contributed by atoms with van der Waals surface area (Å²) in [6.45, 7) is 9.54. The van der Waals surface area contributed by atoms with Gasteiger partial charge in [-0.05, 0) is 53.5 Å². The molecule has 0 spiro atoms. The molecule has 0 saturated carbocycles. The van der Waals surface area contributed by atoms with Crippen LogP contribution in [0.5, 0.6) is 11.5 Å². The van der Waals surface area contributed by atoms with E-state index < -0.39 is 0 Å². The molecule has 2 aromatic carbocycles. The van der Waals surface area contributed by atoms with E-state index in [0.717, 1.165) is 24.3 Å². The van der Waals surface area contributed by atoms with Gasteiger partial charge in [0.1, 0.15) is 0 Å². The normalized spacial score (nSPS) is 14.3. The van der Waals surface area contributed by atoms with Crippen LogP contribution in [-0.4, -0.2) is 6.79 Å². The molecule has 1 heterocycles. The minimum atomic E-state index is 0.338. The molecule has 1 atom stereocenters. The number of hydrogen-bond acceptors (Lipinski definition) is 2. The van der Waals surface area contributed by atoms with Gasteiger partial charge < -0.3 is 9.47 Å². The molecule has 0 aromatic heterocycles. The molecule has 0 aliphatic carbocycles. The molecule has 1 aliphatic rings. The zero-order valence-electron chi connectivity index (χ0n) is 15.8. The maximum Gasteiger partial charge on any atom is 0.231 e. The Morgan fingerprint density at radius 3 is 2.52 bits per heavy atom. The zero-order chi connectivity index (χ0) is 17.8. The molecule has 2 nitrogen and oxygen atoms in total. The summed E-state index contributed by atoms with van der Waals surface area (Å²) in [5, 5.41) is 0. The lowest BCUT2D eigenvalue weighted by molar-refractivity contribution is 0.174. The fraction of sp³-hybridized carbons (Fsp3) is 0.435. The summed E-state index contributed by atoms with van der Waals surface area (Å²) in [6.07, 6.45) is 3.28. The lowest BCUT2D eigenvalue weighted by Gasteiger charge is -2.26. The Bertz CT molecular complexity index is 705. The van der Waals surface area contributed by atoms with E-state index in [2.05, 4.69) is 64.1 Å². The van der Waals surface area contributed by atoms with Gasteiger partial charge in [0, 0.05) is 5.92 Å². The zero-order valence-corrected chi connectivity index (χ0v) is 15.8. The first kappa shape index (κ1) is 17.8. The van der Waals surface area contributed by atoms with Gasteiger partial charge in [-0.3, -0.25) is 0 Å². The Morgan fingerprint density at radius 1 is 1.00 bits per heavy atom. The molecule has 0 N–H and O–H groups in total. The molecule has 25 heavy (non-hydrogen) atoms. The highest BCUT2D eigenvalue weighted by atomic mass is 16.7. The molecule has 1 radical (unpaired) electrons. The highest BCUT2D eigenvalue weighted by Gasteiger charge is 2.23. The summed E-state index contributed by atoms with van der Waals surface area (Å²) in [4.78, 5) is 0. The third kappa shape index (κ3) is 4.00. The van der Waals surface area contributed by atoms with Gasteiger partial charge in [-0.25, -0.2) is 0 Å². The summed E-state index contributed by atoms with van der Waals surface area (Å²) >= 11 is 0. The van der Waals surface area contributed by atoms with Gasteiger partial charge in [-0.2, -0.15) is 0 Å². The molecule has 1 unspecified atom stereocenters. The SMILES string of the molecule is CCC(C)[C](CCc1ccc2c(c1)OCO2)c1ccccc1C(C)C. The van der Waals surface area contributed by atoms with Crippen molar-refractivity contribution >= 4 is 0 Å². The quantitative estimate of drug-likeness (QED) is 0.604. The first-order valence-electron chi connectivity index (χ1n) is 9.43. The fourth-order valence-electron chi connectivity index (χ4n) is 3.56. The minimum Gasteiger partial charge on any atom is -0.454 e. The van der Waals surface area contributed by atoms with Gasteiger partial charge in [0.05, 0.1) is 0 Å². The minimum absolute atomic E-state index is 0.338. The Balaban J connectivity index is 1.80. The monoisotopic (exact) mass is 337 g/mol. The van der Waals surface area contributed by atoms with E-state index in [0.29, 0.717) is 18.6 Å². The van der Waals surface area contributed by atoms with Crippen LogP contribution < -0.4 is 9.47 Å². The van der Waals surface area contributed by atoms with Crippen molar-refractivity contribution in [1.29, 1.82) is 0 Å². The number of ether oxygens (including phenoxy) is 2. The summed E-state index contributed by atoms with van der Waals surface area (Å²) in [5.74, 6) is 4.45. The van der Waals surface area contributed by atoms with Crippen molar-refractivity contribution in [2.45, 2.75) is 52.9 Å². The summed E-state index contributed by atoms with van der Waals surface area (Å²) in [6, 6.07) is 15.2. The molecule has 0 fully saturated rings. The van der Waals surface area contributed by atoms with Crippen LogP contribution in [0.25, 0.3) is 0 Å². The van der Waals surface area contributed by atoms with Crippen LogP contribution in [0.3, 0.4) is 0 Å². The van der Waals surface area contributed by atoms with Crippen LogP contribution in [0.1, 0.15) is 63.1 Å². The number of benzene rings is 2. The smallest absolute Gasteiger partial charge is 0.231 e. The van der Waals surface area contributed by atoms with Crippen molar-refractivity contribution in [2.75, 3.05) is 6.79 Å². The van der Waals surface area contributed by atoms with E-state index in [9.17, 15) is 0 Å². The standard InChI is InChI=1S/C23H29O2/c1-5-17(4)20(21-9-7-6-8-19(21)16(2)3)12-10-18-11-13-22-23(14-18)25-15-24-22/h6-9,11,13-14,16-17H,5,10,12,15H2,1-4H3. The van der Waals surface area contributed by atoms with Crippen LogP contribution in [0.15, 0.2) is 42.5 Å². The second-order valence-corrected chi connectivity index (χ2v) is 7.26. The third-order valence-electron chi connectivity index (χ3n) is 5.26. The Labute approximate surface area is 152 Å². The summed E-state index contributed by atoms with van der Waals surface area (Å²) in [5.41, 5.74) is 4.23. The number of aryl methyl sites for hydroxylation is 1. The highest BCUT2D eigenvalue weighted by molar-refractivity contribution is 5.45. The van der Waals surface area contributed by atoms with Crippen LogP contribution >= 0.6 is 0 Å². The lowest BCUT2D eigenvalue weighted by atomic mass is 9.78. The Kier molecular flexibility index (Phi) is 5.67. The van der Waals surface area contributed by atoms with Crippen molar-refractivity contribution in [3.05, 3.63) is 65.1 Å². The number of fused-ring (bicyclic) bond motifs is 1. The van der Waals surface area contributed by atoms with E-state index in [4.69, 9.17) is 9.47 Å². The Morgan fingerprint density at radius 2 is 1.76 bits per heavy atom. The van der Waals surface area contributed by atoms with Gasteiger partial charge in [-0.1, -0.05) is 64.4 Å². The highest BCUT2D eigenvalue weighted by Crippen LogP contribution is 2.37. The molecule has 133 valence electrons. The molecule has 0 saturated heterocycles.